The van der Waals surface area contributed by atoms with Gasteiger partial charge in [0, 0.05) is 12.4 Å². The van der Waals surface area contributed by atoms with E-state index >= 15 is 0 Å². The van der Waals surface area contributed by atoms with Crippen molar-refractivity contribution in [3.63, 3.8) is 0 Å². The molecule has 1 N–H and O–H groups in total. The van der Waals surface area contributed by atoms with E-state index in [0.717, 1.165) is 25.2 Å². The third-order valence-corrected chi connectivity index (χ3v) is 3.09. The normalized spacial score (nSPS) is 27.5. The second-order valence-corrected chi connectivity index (χ2v) is 4.23. The highest BCUT2D eigenvalue weighted by Crippen LogP contribution is 2.26. The summed E-state index contributed by atoms with van der Waals surface area (Å²) in [4.78, 5) is 4.01. The second kappa shape index (κ2) is 4.56. The molecule has 2 nitrogen and oxygen atoms in total. The van der Waals surface area contributed by atoms with Crippen LogP contribution in [0.2, 0.25) is 0 Å². The molecule has 1 fully saturated rings. The maximum atomic E-state index is 9.38. The van der Waals surface area contributed by atoms with E-state index in [-0.39, 0.29) is 6.10 Å². The number of aliphatic hydroxyl groups excluding tert-OH is 1. The van der Waals surface area contributed by atoms with Crippen LogP contribution in [-0.2, 0) is 6.42 Å². The summed E-state index contributed by atoms with van der Waals surface area (Å²) in [6, 6.07) is 4.18. The summed E-state index contributed by atoms with van der Waals surface area (Å²) in [5.74, 6) is 0.765. The molecule has 14 heavy (non-hydrogen) atoms. The maximum Gasteiger partial charge on any atom is 0.0540 e. The Hall–Kier alpha value is -0.890. The van der Waals surface area contributed by atoms with Crippen molar-refractivity contribution < 1.29 is 5.11 Å². The highest BCUT2D eigenvalue weighted by molar-refractivity contribution is 5.10. The molecule has 1 heterocycles. The number of hydrogen-bond acceptors (Lipinski definition) is 2. The molecule has 1 aliphatic rings. The Balaban J connectivity index is 1.87. The van der Waals surface area contributed by atoms with Gasteiger partial charge in [0.2, 0.25) is 0 Å². The molecule has 76 valence electrons. The van der Waals surface area contributed by atoms with Gasteiger partial charge in [-0.15, -0.1) is 0 Å². The molecular formula is C12H17NO. The lowest BCUT2D eigenvalue weighted by Gasteiger charge is -2.25. The first-order valence-electron chi connectivity index (χ1n) is 5.41. The van der Waals surface area contributed by atoms with Crippen LogP contribution < -0.4 is 0 Å². The van der Waals surface area contributed by atoms with Gasteiger partial charge in [0.15, 0.2) is 0 Å². The number of aromatic nitrogens is 1. The van der Waals surface area contributed by atoms with Crippen LogP contribution in [0.4, 0.5) is 0 Å². The number of hydrogen-bond donors (Lipinski definition) is 1. The van der Waals surface area contributed by atoms with E-state index in [4.69, 9.17) is 0 Å². The zero-order valence-electron chi connectivity index (χ0n) is 8.39. The summed E-state index contributed by atoms with van der Waals surface area (Å²) in [7, 11) is 0. The molecule has 1 saturated carbocycles. The minimum absolute atomic E-state index is 0.0382. The summed E-state index contributed by atoms with van der Waals surface area (Å²) in [5, 5.41) is 9.38. The summed E-state index contributed by atoms with van der Waals surface area (Å²) < 4.78 is 0. The molecule has 0 unspecified atom stereocenters. The Morgan fingerprint density at radius 1 is 1.14 bits per heavy atom. The van der Waals surface area contributed by atoms with E-state index in [1.54, 1.807) is 0 Å². The number of aliphatic hydroxyl groups is 1. The molecule has 1 aromatic heterocycles. The van der Waals surface area contributed by atoms with Crippen molar-refractivity contribution in [2.24, 2.45) is 5.92 Å². The smallest absolute Gasteiger partial charge is 0.0540 e. The van der Waals surface area contributed by atoms with Crippen molar-refractivity contribution in [3.05, 3.63) is 30.1 Å². The molecule has 0 aliphatic heterocycles. The molecule has 0 aromatic carbocycles. The number of rotatable bonds is 2. The molecule has 1 aromatic rings. The lowest BCUT2D eigenvalue weighted by molar-refractivity contribution is 0.109. The topological polar surface area (TPSA) is 33.1 Å². The molecule has 1 aliphatic carbocycles. The van der Waals surface area contributed by atoms with E-state index in [9.17, 15) is 5.11 Å². The Bertz CT molecular complexity index is 265. The van der Waals surface area contributed by atoms with Crippen LogP contribution in [0, 0.1) is 5.92 Å². The first-order valence-corrected chi connectivity index (χ1v) is 5.41. The van der Waals surface area contributed by atoms with Gasteiger partial charge in [-0.3, -0.25) is 4.98 Å². The van der Waals surface area contributed by atoms with Gasteiger partial charge in [0.1, 0.15) is 0 Å². The van der Waals surface area contributed by atoms with Gasteiger partial charge in [-0.25, -0.2) is 0 Å². The Morgan fingerprint density at radius 2 is 1.79 bits per heavy atom. The molecule has 0 spiro atoms. The van der Waals surface area contributed by atoms with Crippen LogP contribution in [0.1, 0.15) is 31.2 Å². The highest BCUT2D eigenvalue weighted by atomic mass is 16.3. The van der Waals surface area contributed by atoms with Gasteiger partial charge in [-0.2, -0.15) is 0 Å². The average Bonchev–Trinajstić information content (AvgIpc) is 2.23. The number of nitrogens with zero attached hydrogens (tertiary/aromatic N) is 1. The summed E-state index contributed by atoms with van der Waals surface area (Å²) in [5.41, 5.74) is 1.38. The summed E-state index contributed by atoms with van der Waals surface area (Å²) >= 11 is 0. The molecule has 0 radical (unpaired) electrons. The zero-order valence-corrected chi connectivity index (χ0v) is 8.39. The Morgan fingerprint density at radius 3 is 2.43 bits per heavy atom. The molecule has 0 saturated heterocycles. The van der Waals surface area contributed by atoms with Gasteiger partial charge in [-0.1, -0.05) is 0 Å². The van der Waals surface area contributed by atoms with Crippen molar-refractivity contribution in [3.8, 4) is 0 Å². The zero-order chi connectivity index (χ0) is 9.80. The number of pyridine rings is 1. The van der Waals surface area contributed by atoms with Gasteiger partial charge >= 0.3 is 0 Å². The van der Waals surface area contributed by atoms with Crippen LogP contribution in [0.15, 0.2) is 24.5 Å². The Kier molecular flexibility index (Phi) is 3.14. The fourth-order valence-electron chi connectivity index (χ4n) is 2.20. The second-order valence-electron chi connectivity index (χ2n) is 4.23. The molecule has 0 atom stereocenters. The lowest BCUT2D eigenvalue weighted by atomic mass is 9.84. The van der Waals surface area contributed by atoms with Gasteiger partial charge < -0.3 is 5.11 Å². The minimum Gasteiger partial charge on any atom is -0.393 e. The van der Waals surface area contributed by atoms with Crippen molar-refractivity contribution >= 4 is 0 Å². The van der Waals surface area contributed by atoms with Crippen molar-refractivity contribution in [1.29, 1.82) is 0 Å². The predicted octanol–water partition coefficient (Wildman–Crippen LogP) is 2.18. The average molecular weight is 191 g/mol. The minimum atomic E-state index is -0.0382. The first kappa shape index (κ1) is 9.66. The largest absolute Gasteiger partial charge is 0.393 e. The maximum absolute atomic E-state index is 9.38. The quantitative estimate of drug-likeness (QED) is 0.777. The molecule has 2 rings (SSSR count). The fourth-order valence-corrected chi connectivity index (χ4v) is 2.20. The van der Waals surface area contributed by atoms with Crippen molar-refractivity contribution in [2.75, 3.05) is 0 Å². The molecule has 0 bridgehead atoms. The van der Waals surface area contributed by atoms with E-state index in [1.807, 2.05) is 12.4 Å². The van der Waals surface area contributed by atoms with E-state index < -0.39 is 0 Å². The monoisotopic (exact) mass is 191 g/mol. The van der Waals surface area contributed by atoms with Crippen LogP contribution in [-0.4, -0.2) is 16.2 Å². The van der Waals surface area contributed by atoms with Crippen LogP contribution >= 0.6 is 0 Å². The van der Waals surface area contributed by atoms with Gasteiger partial charge in [-0.05, 0) is 55.7 Å². The van der Waals surface area contributed by atoms with E-state index in [0.29, 0.717) is 0 Å². The molecule has 0 amide bonds. The van der Waals surface area contributed by atoms with Gasteiger partial charge in [0.25, 0.3) is 0 Å². The van der Waals surface area contributed by atoms with Gasteiger partial charge in [0.05, 0.1) is 6.10 Å². The molecular weight excluding hydrogens is 174 g/mol. The third-order valence-electron chi connectivity index (χ3n) is 3.09. The van der Waals surface area contributed by atoms with Crippen LogP contribution in [0.3, 0.4) is 0 Å². The van der Waals surface area contributed by atoms with Crippen LogP contribution in [0.25, 0.3) is 0 Å². The summed E-state index contributed by atoms with van der Waals surface area (Å²) in [6.07, 6.45) is 9.12. The van der Waals surface area contributed by atoms with Crippen LogP contribution in [0.5, 0.6) is 0 Å². The Labute approximate surface area is 85.0 Å². The lowest BCUT2D eigenvalue weighted by Crippen LogP contribution is -2.19. The fraction of sp³-hybridized carbons (Fsp3) is 0.583. The third kappa shape index (κ3) is 2.55. The van der Waals surface area contributed by atoms with E-state index in [1.165, 1.54) is 18.4 Å². The van der Waals surface area contributed by atoms with Crippen molar-refractivity contribution in [2.45, 2.75) is 38.2 Å². The van der Waals surface area contributed by atoms with E-state index in [2.05, 4.69) is 17.1 Å². The first-order chi connectivity index (χ1) is 6.84. The molecule has 2 heteroatoms. The predicted molar refractivity (Wildman–Crippen MR) is 55.9 cm³/mol. The standard InChI is InChI=1S/C12H17NO/c14-12-3-1-10(2-4-12)9-11-5-7-13-8-6-11/h5-8,10,12,14H,1-4,9H2. The van der Waals surface area contributed by atoms with Crippen molar-refractivity contribution in [1.82, 2.24) is 4.98 Å². The SMILES string of the molecule is OC1CCC(Cc2ccncc2)CC1. The summed E-state index contributed by atoms with van der Waals surface area (Å²) in [6.45, 7) is 0. The highest BCUT2D eigenvalue weighted by Gasteiger charge is 2.19.